The minimum Gasteiger partial charge on any atom is -0.307 e. The predicted octanol–water partition coefficient (Wildman–Crippen LogP) is 5.64. The summed E-state index contributed by atoms with van der Waals surface area (Å²) in [6, 6.07) is 6.61. The van der Waals surface area contributed by atoms with Gasteiger partial charge in [-0.25, -0.2) is 0 Å². The zero-order valence-corrected chi connectivity index (χ0v) is 13.7. The van der Waals surface area contributed by atoms with Gasteiger partial charge in [-0.3, -0.25) is 0 Å². The minimum absolute atomic E-state index is 0.325. The average Bonchev–Trinajstić information content (AvgIpc) is 2.44. The summed E-state index contributed by atoms with van der Waals surface area (Å²) < 4.78 is 0.963. The maximum atomic E-state index is 6.24. The molecule has 0 heterocycles. The summed E-state index contributed by atoms with van der Waals surface area (Å²) in [4.78, 5) is 0. The molecule has 1 aliphatic carbocycles. The van der Waals surface area contributed by atoms with Gasteiger partial charge in [-0.2, -0.15) is 0 Å². The molecule has 0 saturated heterocycles. The molecule has 1 unspecified atom stereocenters. The Balaban J connectivity index is 2.25. The molecular formula is C16H21BrClN. The molecule has 0 bridgehead atoms. The van der Waals surface area contributed by atoms with Gasteiger partial charge in [0.1, 0.15) is 0 Å². The third-order valence-corrected chi connectivity index (χ3v) is 4.80. The first-order chi connectivity index (χ1) is 9.22. The fraction of sp³-hybridized carbons (Fsp3) is 0.500. The number of hydrogen-bond acceptors (Lipinski definition) is 1. The summed E-state index contributed by atoms with van der Waals surface area (Å²) in [5.41, 5.74) is 2.80. The Morgan fingerprint density at radius 3 is 2.84 bits per heavy atom. The van der Waals surface area contributed by atoms with Gasteiger partial charge in [-0.15, -0.1) is 0 Å². The van der Waals surface area contributed by atoms with Crippen LogP contribution in [0.15, 0.2) is 34.3 Å². The van der Waals surface area contributed by atoms with Crippen molar-refractivity contribution in [2.75, 3.05) is 6.54 Å². The van der Waals surface area contributed by atoms with Crippen LogP contribution in [-0.2, 0) is 0 Å². The molecule has 104 valence electrons. The first kappa shape index (κ1) is 15.1. The summed E-state index contributed by atoms with van der Waals surface area (Å²) in [5.74, 6) is 0. The first-order valence-electron chi connectivity index (χ1n) is 7.09. The van der Waals surface area contributed by atoms with Crippen LogP contribution in [0.5, 0.6) is 0 Å². The fourth-order valence-corrected chi connectivity index (χ4v) is 3.00. The first-order valence-corrected chi connectivity index (χ1v) is 8.26. The SMILES string of the molecule is CCCNC(C1=CCCCC1)c1ccc(Br)c(Cl)c1. The summed E-state index contributed by atoms with van der Waals surface area (Å²) in [5, 5.41) is 4.45. The van der Waals surface area contributed by atoms with Gasteiger partial charge in [0.25, 0.3) is 0 Å². The van der Waals surface area contributed by atoms with Crippen molar-refractivity contribution in [3.8, 4) is 0 Å². The third kappa shape index (κ3) is 4.08. The lowest BCUT2D eigenvalue weighted by molar-refractivity contribution is 0.547. The number of benzene rings is 1. The molecule has 0 aliphatic heterocycles. The van der Waals surface area contributed by atoms with Crippen LogP contribution < -0.4 is 5.32 Å². The molecule has 0 fully saturated rings. The van der Waals surface area contributed by atoms with E-state index in [4.69, 9.17) is 11.6 Å². The summed E-state index contributed by atoms with van der Waals surface area (Å²) in [6.07, 6.45) is 8.60. The van der Waals surface area contributed by atoms with Crippen LogP contribution in [0.4, 0.5) is 0 Å². The maximum absolute atomic E-state index is 6.24. The van der Waals surface area contributed by atoms with Crippen molar-refractivity contribution in [3.05, 3.63) is 44.9 Å². The molecule has 0 aromatic heterocycles. The lowest BCUT2D eigenvalue weighted by Crippen LogP contribution is -2.24. The van der Waals surface area contributed by atoms with Crippen LogP contribution in [0, 0.1) is 0 Å². The van der Waals surface area contributed by atoms with Crippen molar-refractivity contribution in [2.45, 2.75) is 45.1 Å². The number of halogens is 2. The van der Waals surface area contributed by atoms with E-state index in [9.17, 15) is 0 Å². The van der Waals surface area contributed by atoms with E-state index in [-0.39, 0.29) is 0 Å². The second-order valence-corrected chi connectivity index (χ2v) is 6.35. The number of hydrogen-bond donors (Lipinski definition) is 1. The van der Waals surface area contributed by atoms with Crippen LogP contribution in [0.1, 0.15) is 50.6 Å². The van der Waals surface area contributed by atoms with Crippen LogP contribution in [0.2, 0.25) is 5.02 Å². The van der Waals surface area contributed by atoms with E-state index in [1.165, 1.54) is 36.8 Å². The lowest BCUT2D eigenvalue weighted by Gasteiger charge is -2.25. The van der Waals surface area contributed by atoms with Gasteiger partial charge in [-0.1, -0.05) is 36.2 Å². The Kier molecular flexibility index (Phi) is 5.93. The number of allylic oxidation sites excluding steroid dienone is 1. The van der Waals surface area contributed by atoms with E-state index in [0.717, 1.165) is 22.5 Å². The molecule has 1 nitrogen and oxygen atoms in total. The molecule has 19 heavy (non-hydrogen) atoms. The van der Waals surface area contributed by atoms with Crippen LogP contribution in [0.3, 0.4) is 0 Å². The van der Waals surface area contributed by atoms with Crippen molar-refractivity contribution >= 4 is 27.5 Å². The average molecular weight is 343 g/mol. The molecule has 1 atom stereocenters. The Labute approximate surface area is 129 Å². The fourth-order valence-electron chi connectivity index (χ4n) is 2.57. The van der Waals surface area contributed by atoms with E-state index in [2.05, 4.69) is 46.4 Å². The van der Waals surface area contributed by atoms with Gasteiger partial charge in [0.2, 0.25) is 0 Å². The van der Waals surface area contributed by atoms with Crippen LogP contribution in [-0.4, -0.2) is 6.54 Å². The van der Waals surface area contributed by atoms with Crippen molar-refractivity contribution in [3.63, 3.8) is 0 Å². The summed E-state index contributed by atoms with van der Waals surface area (Å²) >= 11 is 9.70. The molecule has 1 aliphatic rings. The van der Waals surface area contributed by atoms with Gasteiger partial charge < -0.3 is 5.32 Å². The molecule has 2 rings (SSSR count). The standard InChI is InChI=1S/C16H21BrClN/c1-2-10-19-16(12-6-4-3-5-7-12)13-8-9-14(17)15(18)11-13/h6,8-9,11,16,19H,2-5,7,10H2,1H3. The summed E-state index contributed by atoms with van der Waals surface area (Å²) in [7, 11) is 0. The zero-order chi connectivity index (χ0) is 13.7. The van der Waals surface area contributed by atoms with Crippen molar-refractivity contribution in [1.29, 1.82) is 0 Å². The zero-order valence-electron chi connectivity index (χ0n) is 11.4. The highest BCUT2D eigenvalue weighted by molar-refractivity contribution is 9.10. The second-order valence-electron chi connectivity index (χ2n) is 5.09. The van der Waals surface area contributed by atoms with Crippen molar-refractivity contribution in [2.24, 2.45) is 0 Å². The van der Waals surface area contributed by atoms with Gasteiger partial charge in [-0.05, 0) is 72.3 Å². The van der Waals surface area contributed by atoms with E-state index < -0.39 is 0 Å². The quantitative estimate of drug-likeness (QED) is 0.682. The van der Waals surface area contributed by atoms with Crippen LogP contribution >= 0.6 is 27.5 Å². The highest BCUT2D eigenvalue weighted by Crippen LogP contribution is 2.33. The number of nitrogens with one attached hydrogen (secondary N) is 1. The van der Waals surface area contributed by atoms with E-state index in [1.807, 2.05) is 6.07 Å². The molecule has 0 radical (unpaired) electrons. The van der Waals surface area contributed by atoms with Crippen molar-refractivity contribution < 1.29 is 0 Å². The predicted molar refractivity (Wildman–Crippen MR) is 86.7 cm³/mol. The highest BCUT2D eigenvalue weighted by atomic mass is 79.9. The topological polar surface area (TPSA) is 12.0 Å². The molecule has 0 spiro atoms. The van der Waals surface area contributed by atoms with Gasteiger partial charge >= 0.3 is 0 Å². The summed E-state index contributed by atoms with van der Waals surface area (Å²) in [6.45, 7) is 3.24. The van der Waals surface area contributed by atoms with Crippen LogP contribution in [0.25, 0.3) is 0 Å². The Morgan fingerprint density at radius 2 is 2.21 bits per heavy atom. The number of rotatable bonds is 5. The Morgan fingerprint density at radius 1 is 1.37 bits per heavy atom. The van der Waals surface area contributed by atoms with E-state index >= 15 is 0 Å². The Bertz CT molecular complexity index is 456. The molecule has 1 aromatic carbocycles. The van der Waals surface area contributed by atoms with E-state index in [1.54, 1.807) is 0 Å². The molecular weight excluding hydrogens is 322 g/mol. The van der Waals surface area contributed by atoms with Gasteiger partial charge in [0, 0.05) is 4.47 Å². The Hall–Kier alpha value is -0.310. The second kappa shape index (κ2) is 7.47. The maximum Gasteiger partial charge on any atom is 0.0551 e. The molecule has 1 N–H and O–H groups in total. The van der Waals surface area contributed by atoms with Gasteiger partial charge in [0.15, 0.2) is 0 Å². The third-order valence-electron chi connectivity index (χ3n) is 3.57. The molecule has 0 saturated carbocycles. The minimum atomic E-state index is 0.325. The van der Waals surface area contributed by atoms with Gasteiger partial charge in [0.05, 0.1) is 11.1 Å². The molecule has 0 amide bonds. The smallest absolute Gasteiger partial charge is 0.0551 e. The normalized spacial score (nSPS) is 17.1. The molecule has 3 heteroatoms. The monoisotopic (exact) mass is 341 g/mol. The van der Waals surface area contributed by atoms with Crippen molar-refractivity contribution in [1.82, 2.24) is 5.32 Å². The van der Waals surface area contributed by atoms with E-state index in [0.29, 0.717) is 6.04 Å². The largest absolute Gasteiger partial charge is 0.307 e. The lowest BCUT2D eigenvalue weighted by atomic mass is 9.90. The molecule has 1 aromatic rings. The highest BCUT2D eigenvalue weighted by Gasteiger charge is 2.18.